The maximum absolute atomic E-state index is 10.9. The standard InChI is InChI=1S/C11H10ClNO/c1-7-5-10(12)9(6-14)8-3-4-13(2)11(7)8/h3-6H,1-2H3. The number of carbonyl (C=O) groups is 1. The second kappa shape index (κ2) is 3.14. The highest BCUT2D eigenvalue weighted by molar-refractivity contribution is 6.34. The molecular weight excluding hydrogens is 198 g/mol. The molecule has 0 N–H and O–H groups in total. The van der Waals surface area contributed by atoms with E-state index in [2.05, 4.69) is 0 Å². The van der Waals surface area contributed by atoms with Crippen molar-refractivity contribution < 1.29 is 4.79 Å². The maximum atomic E-state index is 10.9. The molecule has 72 valence electrons. The molecule has 0 unspecified atom stereocenters. The van der Waals surface area contributed by atoms with E-state index in [1.807, 2.05) is 36.9 Å². The lowest BCUT2D eigenvalue weighted by molar-refractivity contribution is 0.112. The number of aryl methyl sites for hydroxylation is 2. The van der Waals surface area contributed by atoms with E-state index in [-0.39, 0.29) is 0 Å². The van der Waals surface area contributed by atoms with Gasteiger partial charge in [-0.15, -0.1) is 0 Å². The van der Waals surface area contributed by atoms with Crippen LogP contribution in [0.2, 0.25) is 5.02 Å². The van der Waals surface area contributed by atoms with Crippen molar-refractivity contribution in [1.82, 2.24) is 4.57 Å². The van der Waals surface area contributed by atoms with Crippen LogP contribution in [0.25, 0.3) is 10.9 Å². The topological polar surface area (TPSA) is 22.0 Å². The van der Waals surface area contributed by atoms with Gasteiger partial charge in [0.1, 0.15) is 0 Å². The molecular formula is C11H10ClNO. The molecule has 2 rings (SSSR count). The third-order valence-corrected chi connectivity index (χ3v) is 2.77. The average Bonchev–Trinajstić information content (AvgIpc) is 2.49. The number of hydrogen-bond acceptors (Lipinski definition) is 1. The molecule has 3 heteroatoms. The lowest BCUT2D eigenvalue weighted by atomic mass is 10.1. The summed E-state index contributed by atoms with van der Waals surface area (Å²) in [5.74, 6) is 0. The van der Waals surface area contributed by atoms with Gasteiger partial charge in [0.15, 0.2) is 6.29 Å². The Kier molecular flexibility index (Phi) is 2.08. The van der Waals surface area contributed by atoms with Crippen LogP contribution in [-0.2, 0) is 7.05 Å². The molecule has 0 aliphatic heterocycles. The van der Waals surface area contributed by atoms with Gasteiger partial charge in [0, 0.05) is 24.2 Å². The van der Waals surface area contributed by atoms with E-state index in [0.717, 1.165) is 22.8 Å². The van der Waals surface area contributed by atoms with Crippen molar-refractivity contribution in [3.05, 3.63) is 34.5 Å². The molecule has 0 fully saturated rings. The molecule has 1 aromatic heterocycles. The molecule has 0 radical (unpaired) electrons. The maximum Gasteiger partial charge on any atom is 0.152 e. The van der Waals surface area contributed by atoms with Gasteiger partial charge in [0.05, 0.1) is 10.5 Å². The van der Waals surface area contributed by atoms with E-state index in [1.54, 1.807) is 0 Å². The molecule has 1 aromatic carbocycles. The van der Waals surface area contributed by atoms with Gasteiger partial charge in [-0.25, -0.2) is 0 Å². The number of nitrogens with zero attached hydrogens (tertiary/aromatic N) is 1. The van der Waals surface area contributed by atoms with Crippen molar-refractivity contribution in [2.24, 2.45) is 7.05 Å². The fourth-order valence-corrected chi connectivity index (χ4v) is 2.13. The second-order valence-electron chi connectivity index (χ2n) is 3.40. The van der Waals surface area contributed by atoms with E-state index in [1.165, 1.54) is 0 Å². The molecule has 2 aromatic rings. The quantitative estimate of drug-likeness (QED) is 0.659. The lowest BCUT2D eigenvalue weighted by Crippen LogP contribution is -1.91. The van der Waals surface area contributed by atoms with Crippen molar-refractivity contribution in [3.63, 3.8) is 0 Å². The first-order chi connectivity index (χ1) is 6.65. The van der Waals surface area contributed by atoms with Crippen molar-refractivity contribution in [2.75, 3.05) is 0 Å². The number of hydrogen-bond donors (Lipinski definition) is 0. The molecule has 0 aliphatic carbocycles. The number of carbonyl (C=O) groups excluding carboxylic acids is 1. The highest BCUT2D eigenvalue weighted by Crippen LogP contribution is 2.28. The first-order valence-electron chi connectivity index (χ1n) is 4.34. The molecule has 14 heavy (non-hydrogen) atoms. The lowest BCUT2D eigenvalue weighted by Gasteiger charge is -2.04. The van der Waals surface area contributed by atoms with Gasteiger partial charge in [-0.05, 0) is 24.6 Å². The zero-order valence-corrected chi connectivity index (χ0v) is 8.80. The smallest absolute Gasteiger partial charge is 0.152 e. The van der Waals surface area contributed by atoms with Crippen molar-refractivity contribution >= 4 is 28.8 Å². The van der Waals surface area contributed by atoms with Crippen LogP contribution < -0.4 is 0 Å². The summed E-state index contributed by atoms with van der Waals surface area (Å²) >= 11 is 5.98. The van der Waals surface area contributed by atoms with E-state index >= 15 is 0 Å². The number of halogens is 1. The predicted molar refractivity (Wildman–Crippen MR) is 58.1 cm³/mol. The molecule has 1 heterocycles. The van der Waals surface area contributed by atoms with Crippen LogP contribution in [0.5, 0.6) is 0 Å². The minimum atomic E-state index is 0.524. The largest absolute Gasteiger partial charge is 0.350 e. The third-order valence-electron chi connectivity index (χ3n) is 2.45. The molecule has 0 atom stereocenters. The summed E-state index contributed by atoms with van der Waals surface area (Å²) in [6.07, 6.45) is 2.74. The van der Waals surface area contributed by atoms with Gasteiger partial charge >= 0.3 is 0 Å². The number of aldehydes is 1. The van der Waals surface area contributed by atoms with Crippen LogP contribution >= 0.6 is 11.6 Å². The third kappa shape index (κ3) is 1.15. The molecule has 0 spiro atoms. The summed E-state index contributed by atoms with van der Waals surface area (Å²) in [4.78, 5) is 10.9. The number of aromatic nitrogens is 1. The summed E-state index contributed by atoms with van der Waals surface area (Å²) in [5, 5.41) is 1.45. The molecule has 0 aliphatic rings. The average molecular weight is 208 g/mol. The Balaban J connectivity index is 2.99. The Hall–Kier alpha value is -1.28. The van der Waals surface area contributed by atoms with Gasteiger partial charge in [0.2, 0.25) is 0 Å². The van der Waals surface area contributed by atoms with Crippen molar-refractivity contribution in [1.29, 1.82) is 0 Å². The van der Waals surface area contributed by atoms with Gasteiger partial charge in [0.25, 0.3) is 0 Å². The predicted octanol–water partition coefficient (Wildman–Crippen LogP) is 2.95. The van der Waals surface area contributed by atoms with Crippen LogP contribution in [0, 0.1) is 6.92 Å². The van der Waals surface area contributed by atoms with Crippen LogP contribution in [-0.4, -0.2) is 10.9 Å². The summed E-state index contributed by atoms with van der Waals surface area (Å²) in [6, 6.07) is 3.74. The number of rotatable bonds is 1. The molecule has 0 saturated carbocycles. The van der Waals surface area contributed by atoms with Crippen LogP contribution in [0.1, 0.15) is 15.9 Å². The summed E-state index contributed by atoms with van der Waals surface area (Å²) in [7, 11) is 1.96. The minimum Gasteiger partial charge on any atom is -0.350 e. The summed E-state index contributed by atoms with van der Waals surface area (Å²) in [5.41, 5.74) is 2.73. The highest BCUT2D eigenvalue weighted by atomic mass is 35.5. The van der Waals surface area contributed by atoms with E-state index in [4.69, 9.17) is 11.6 Å². The Morgan fingerprint density at radius 1 is 1.50 bits per heavy atom. The minimum absolute atomic E-state index is 0.524. The first-order valence-corrected chi connectivity index (χ1v) is 4.72. The summed E-state index contributed by atoms with van der Waals surface area (Å²) < 4.78 is 1.99. The van der Waals surface area contributed by atoms with Gasteiger partial charge < -0.3 is 4.57 Å². The SMILES string of the molecule is Cc1cc(Cl)c(C=O)c2ccn(C)c12. The zero-order chi connectivity index (χ0) is 10.3. The molecule has 0 amide bonds. The monoisotopic (exact) mass is 207 g/mol. The van der Waals surface area contributed by atoms with Gasteiger partial charge in [-0.1, -0.05) is 11.6 Å². The van der Waals surface area contributed by atoms with Crippen LogP contribution in [0.4, 0.5) is 0 Å². The van der Waals surface area contributed by atoms with Crippen molar-refractivity contribution in [3.8, 4) is 0 Å². The Labute approximate surface area is 87.1 Å². The van der Waals surface area contributed by atoms with Gasteiger partial charge in [-0.2, -0.15) is 0 Å². The molecule has 2 nitrogen and oxygen atoms in total. The van der Waals surface area contributed by atoms with E-state index < -0.39 is 0 Å². The molecule has 0 saturated heterocycles. The number of benzene rings is 1. The highest BCUT2D eigenvalue weighted by Gasteiger charge is 2.10. The Morgan fingerprint density at radius 2 is 2.21 bits per heavy atom. The summed E-state index contributed by atoms with van der Waals surface area (Å²) in [6.45, 7) is 1.99. The number of fused-ring (bicyclic) bond motifs is 1. The van der Waals surface area contributed by atoms with Gasteiger partial charge in [-0.3, -0.25) is 4.79 Å². The first kappa shape index (κ1) is 9.28. The van der Waals surface area contributed by atoms with E-state index in [0.29, 0.717) is 10.6 Å². The Bertz CT molecular complexity index is 513. The normalized spacial score (nSPS) is 10.8. The van der Waals surface area contributed by atoms with Crippen LogP contribution in [0.15, 0.2) is 18.3 Å². The van der Waals surface area contributed by atoms with Crippen LogP contribution in [0.3, 0.4) is 0 Å². The van der Waals surface area contributed by atoms with E-state index in [9.17, 15) is 4.79 Å². The fourth-order valence-electron chi connectivity index (χ4n) is 1.82. The molecule has 0 bridgehead atoms. The zero-order valence-electron chi connectivity index (χ0n) is 8.04. The Morgan fingerprint density at radius 3 is 2.86 bits per heavy atom. The van der Waals surface area contributed by atoms with Crippen molar-refractivity contribution in [2.45, 2.75) is 6.92 Å². The second-order valence-corrected chi connectivity index (χ2v) is 3.80. The fraction of sp³-hybridized carbons (Fsp3) is 0.182.